The van der Waals surface area contributed by atoms with Crippen LogP contribution < -0.4 is 0 Å². The van der Waals surface area contributed by atoms with Crippen LogP contribution in [0.4, 0.5) is 0 Å². The Morgan fingerprint density at radius 1 is 1.31 bits per heavy atom. The lowest BCUT2D eigenvalue weighted by Crippen LogP contribution is -2.50. The first-order valence-electron chi connectivity index (χ1n) is 11.0. The molecule has 0 radical (unpaired) electrons. The van der Waals surface area contributed by atoms with Crippen molar-refractivity contribution in [2.75, 3.05) is 0 Å². The van der Waals surface area contributed by atoms with Gasteiger partial charge in [-0.25, -0.2) is 0 Å². The zero-order valence-electron chi connectivity index (χ0n) is 18.3. The molecule has 1 saturated heterocycles. The maximum atomic E-state index is 12.7. The average Bonchev–Trinajstić information content (AvgIpc) is 3.15. The molecule has 4 heteroatoms. The monoisotopic (exact) mass is 398 g/mol. The Balaban J connectivity index is 1.76. The van der Waals surface area contributed by atoms with Gasteiger partial charge in [0.25, 0.3) is 0 Å². The van der Waals surface area contributed by atoms with E-state index in [2.05, 4.69) is 33.8 Å². The smallest absolute Gasteiger partial charge is 0.192 e. The van der Waals surface area contributed by atoms with Crippen molar-refractivity contribution in [2.45, 2.75) is 84.0 Å². The molecular formula is C25H34O4. The van der Waals surface area contributed by atoms with Crippen LogP contribution in [0.25, 0.3) is 0 Å². The van der Waals surface area contributed by atoms with Crippen LogP contribution in [0.5, 0.6) is 0 Å². The third-order valence-electron chi connectivity index (χ3n) is 8.43. The highest BCUT2D eigenvalue weighted by atomic mass is 16.5. The number of rotatable bonds is 2. The molecular weight excluding hydrogens is 364 g/mol. The summed E-state index contributed by atoms with van der Waals surface area (Å²) in [5.74, 6) is 0.0219. The molecule has 4 rings (SSSR count). The van der Waals surface area contributed by atoms with Gasteiger partial charge in [0.15, 0.2) is 11.4 Å². The van der Waals surface area contributed by atoms with Crippen molar-refractivity contribution < 1.29 is 19.4 Å². The van der Waals surface area contributed by atoms with Gasteiger partial charge < -0.3 is 9.84 Å². The van der Waals surface area contributed by atoms with E-state index < -0.39 is 5.60 Å². The fourth-order valence-electron chi connectivity index (χ4n) is 6.92. The van der Waals surface area contributed by atoms with Crippen molar-refractivity contribution in [3.63, 3.8) is 0 Å². The van der Waals surface area contributed by atoms with Gasteiger partial charge in [-0.2, -0.15) is 0 Å². The van der Waals surface area contributed by atoms with E-state index in [0.717, 1.165) is 24.8 Å². The lowest BCUT2D eigenvalue weighted by molar-refractivity contribution is -0.134. The predicted octanol–water partition coefficient (Wildman–Crippen LogP) is 4.33. The van der Waals surface area contributed by atoms with Gasteiger partial charge >= 0.3 is 0 Å². The van der Waals surface area contributed by atoms with E-state index in [0.29, 0.717) is 25.0 Å². The van der Waals surface area contributed by atoms with Gasteiger partial charge in [-0.1, -0.05) is 37.1 Å². The topological polar surface area (TPSA) is 63.6 Å². The Kier molecular flexibility index (Phi) is 4.83. The number of aldehydes is 1. The molecule has 1 aliphatic heterocycles. The van der Waals surface area contributed by atoms with Gasteiger partial charge in [-0.3, -0.25) is 9.59 Å². The average molecular weight is 399 g/mol. The maximum absolute atomic E-state index is 12.7. The number of carbonyl (C=O) groups is 2. The van der Waals surface area contributed by atoms with Crippen LogP contribution in [0.15, 0.2) is 34.9 Å². The lowest BCUT2D eigenvalue weighted by atomic mass is 9.61. The molecule has 1 saturated carbocycles. The quantitative estimate of drug-likeness (QED) is 0.555. The minimum atomic E-state index is -1.69. The summed E-state index contributed by atoms with van der Waals surface area (Å²) in [5, 5.41) is 11.4. The van der Waals surface area contributed by atoms with Crippen LogP contribution in [0.3, 0.4) is 0 Å². The summed E-state index contributed by atoms with van der Waals surface area (Å²) in [5.41, 5.74) is 0.453. The number of hydrogen-bond donors (Lipinski definition) is 1. The van der Waals surface area contributed by atoms with E-state index in [1.165, 1.54) is 11.6 Å². The first kappa shape index (κ1) is 20.7. The largest absolute Gasteiger partial charge is 0.376 e. The molecule has 1 N–H and O–H groups in total. The molecule has 0 aromatic rings. The molecule has 1 spiro atoms. The molecule has 1 heterocycles. The third kappa shape index (κ3) is 2.86. The molecule has 29 heavy (non-hydrogen) atoms. The van der Waals surface area contributed by atoms with Crippen molar-refractivity contribution in [1.82, 2.24) is 0 Å². The summed E-state index contributed by atoms with van der Waals surface area (Å²) < 4.78 is 6.78. The minimum absolute atomic E-state index is 0.0442. The number of carbonyl (C=O) groups excluding carboxylic acids is 2. The Bertz CT molecular complexity index is 832. The lowest BCUT2D eigenvalue weighted by Gasteiger charge is -2.46. The maximum Gasteiger partial charge on any atom is 0.192 e. The molecule has 0 aromatic heterocycles. The van der Waals surface area contributed by atoms with Gasteiger partial charge in [0.2, 0.25) is 0 Å². The zero-order valence-corrected chi connectivity index (χ0v) is 18.3. The van der Waals surface area contributed by atoms with Gasteiger partial charge in [-0.15, -0.1) is 0 Å². The van der Waals surface area contributed by atoms with E-state index in [4.69, 9.17) is 4.74 Å². The van der Waals surface area contributed by atoms with Crippen molar-refractivity contribution in [2.24, 2.45) is 23.2 Å². The summed E-state index contributed by atoms with van der Waals surface area (Å²) >= 11 is 0. The fourth-order valence-corrected chi connectivity index (χ4v) is 6.92. The third-order valence-corrected chi connectivity index (χ3v) is 8.43. The Labute approximate surface area is 174 Å². The SMILES string of the molecule is CC(C)=C[C@H]1C[C@H](C)[C@]2(CC[C@]3(C)C[C@@H]4C(C)=CC(=O)[C@]4(O)C(C=O)=CC[C@H]32)O1. The molecule has 0 bridgehead atoms. The van der Waals surface area contributed by atoms with Gasteiger partial charge in [0, 0.05) is 11.5 Å². The van der Waals surface area contributed by atoms with Crippen LogP contribution in [-0.4, -0.2) is 34.5 Å². The molecule has 4 nitrogen and oxygen atoms in total. The van der Waals surface area contributed by atoms with Crippen LogP contribution in [0.1, 0.15) is 66.7 Å². The minimum Gasteiger partial charge on any atom is -0.376 e. The highest BCUT2D eigenvalue weighted by Gasteiger charge is 2.63. The van der Waals surface area contributed by atoms with Crippen LogP contribution in [0.2, 0.25) is 0 Å². The first-order chi connectivity index (χ1) is 13.6. The second-order valence-corrected chi connectivity index (χ2v) is 10.5. The molecule has 158 valence electrons. The van der Waals surface area contributed by atoms with E-state index in [-0.39, 0.29) is 40.3 Å². The van der Waals surface area contributed by atoms with Gasteiger partial charge in [0.1, 0.15) is 6.29 Å². The van der Waals surface area contributed by atoms with E-state index in [1.807, 2.05) is 13.0 Å². The zero-order chi connectivity index (χ0) is 21.2. The second kappa shape index (κ2) is 6.75. The van der Waals surface area contributed by atoms with E-state index >= 15 is 0 Å². The van der Waals surface area contributed by atoms with Crippen LogP contribution >= 0.6 is 0 Å². The van der Waals surface area contributed by atoms with Gasteiger partial charge in [-0.05, 0) is 76.2 Å². The molecule has 0 unspecified atom stereocenters. The Morgan fingerprint density at radius 2 is 2.03 bits per heavy atom. The number of fused-ring (bicyclic) bond motifs is 3. The molecule has 3 aliphatic carbocycles. The first-order valence-corrected chi connectivity index (χ1v) is 11.0. The highest BCUT2D eigenvalue weighted by Crippen LogP contribution is 2.63. The molecule has 2 fully saturated rings. The summed E-state index contributed by atoms with van der Waals surface area (Å²) in [4.78, 5) is 24.6. The van der Waals surface area contributed by atoms with E-state index in [9.17, 15) is 14.7 Å². The molecule has 7 atom stereocenters. The fraction of sp³-hybridized carbons (Fsp3) is 0.680. The number of ketones is 1. The summed E-state index contributed by atoms with van der Waals surface area (Å²) in [6, 6.07) is 0. The number of allylic oxidation sites excluding steroid dienone is 2. The predicted molar refractivity (Wildman–Crippen MR) is 112 cm³/mol. The molecule has 4 aliphatic rings. The van der Waals surface area contributed by atoms with Crippen molar-refractivity contribution in [1.29, 1.82) is 0 Å². The van der Waals surface area contributed by atoms with Crippen molar-refractivity contribution in [3.05, 3.63) is 34.9 Å². The number of ether oxygens (including phenoxy) is 1. The summed E-state index contributed by atoms with van der Waals surface area (Å²) in [7, 11) is 0. The van der Waals surface area contributed by atoms with Gasteiger partial charge in [0.05, 0.1) is 11.7 Å². The summed E-state index contributed by atoms with van der Waals surface area (Å²) in [6.45, 7) is 10.7. The molecule has 0 aromatic carbocycles. The Morgan fingerprint density at radius 3 is 2.69 bits per heavy atom. The summed E-state index contributed by atoms with van der Waals surface area (Å²) in [6.07, 6.45) is 10.8. The highest BCUT2D eigenvalue weighted by molar-refractivity contribution is 6.07. The second-order valence-electron chi connectivity index (χ2n) is 10.5. The Hall–Kier alpha value is -1.52. The van der Waals surface area contributed by atoms with Crippen LogP contribution in [-0.2, 0) is 14.3 Å². The molecule has 0 amide bonds. The van der Waals surface area contributed by atoms with E-state index in [1.54, 1.807) is 0 Å². The standard InChI is InChI=1S/C25H34O4/c1-15(2)10-19-12-17(4)24(29-19)9-8-23(5)13-20-16(3)11-22(27)25(20,28)18(14-26)6-7-21(23)24/h6,10-11,14,17,19-21,28H,7-9,12-13H2,1-5H3/t17-,19-,20+,21+,23+,24-,25-/m0/s1. The number of aliphatic hydroxyl groups is 1. The number of hydrogen-bond acceptors (Lipinski definition) is 4. The van der Waals surface area contributed by atoms with Crippen molar-refractivity contribution >= 4 is 12.1 Å². The van der Waals surface area contributed by atoms with Crippen LogP contribution in [0, 0.1) is 23.2 Å². The normalized spacial score (nSPS) is 46.5. The van der Waals surface area contributed by atoms with Crippen molar-refractivity contribution in [3.8, 4) is 0 Å².